The molecule has 0 aliphatic heterocycles. The summed E-state index contributed by atoms with van der Waals surface area (Å²) < 4.78 is 0. The van der Waals surface area contributed by atoms with Gasteiger partial charge in [-0.15, -0.1) is 0 Å². The zero-order chi connectivity index (χ0) is 35.1. The summed E-state index contributed by atoms with van der Waals surface area (Å²) in [6, 6.07) is 50.4. The highest BCUT2D eigenvalue weighted by molar-refractivity contribution is 5.97. The third kappa shape index (κ3) is 4.75. The van der Waals surface area contributed by atoms with Gasteiger partial charge in [0.05, 0.1) is 5.41 Å². The van der Waals surface area contributed by atoms with Crippen LogP contribution in [-0.2, 0) is 16.2 Å². The summed E-state index contributed by atoms with van der Waals surface area (Å²) in [6.07, 6.45) is 0. The van der Waals surface area contributed by atoms with E-state index in [1.807, 2.05) is 36.4 Å². The molecule has 6 aromatic carbocycles. The lowest BCUT2D eigenvalue weighted by Crippen LogP contribution is -2.30. The van der Waals surface area contributed by atoms with Gasteiger partial charge in [-0.25, -0.2) is 15.0 Å². The predicted molar refractivity (Wildman–Crippen MR) is 210 cm³/mol. The Morgan fingerprint density at radius 1 is 0.392 bits per heavy atom. The molecule has 1 aromatic heterocycles. The van der Waals surface area contributed by atoms with E-state index in [-0.39, 0.29) is 10.8 Å². The van der Waals surface area contributed by atoms with Crippen LogP contribution in [0.2, 0.25) is 0 Å². The van der Waals surface area contributed by atoms with Crippen LogP contribution in [0.3, 0.4) is 0 Å². The maximum absolute atomic E-state index is 5.16. The van der Waals surface area contributed by atoms with Crippen molar-refractivity contribution in [2.24, 2.45) is 0 Å². The Morgan fingerprint density at radius 2 is 0.863 bits per heavy atom. The molecule has 2 aliphatic carbocycles. The second-order valence-corrected chi connectivity index (χ2v) is 16.1. The molecular formula is C48H41N3. The largest absolute Gasteiger partial charge is 0.208 e. The Balaban J connectivity index is 1.38. The van der Waals surface area contributed by atoms with E-state index in [1.54, 1.807) is 0 Å². The van der Waals surface area contributed by atoms with Gasteiger partial charge in [-0.3, -0.25) is 0 Å². The van der Waals surface area contributed by atoms with Gasteiger partial charge >= 0.3 is 0 Å². The summed E-state index contributed by atoms with van der Waals surface area (Å²) >= 11 is 0. The Morgan fingerprint density at radius 3 is 1.37 bits per heavy atom. The fourth-order valence-corrected chi connectivity index (χ4v) is 8.38. The van der Waals surface area contributed by atoms with Gasteiger partial charge in [-0.05, 0) is 72.5 Å². The van der Waals surface area contributed by atoms with Crippen molar-refractivity contribution >= 4 is 0 Å². The van der Waals surface area contributed by atoms with Crippen molar-refractivity contribution < 1.29 is 0 Å². The van der Waals surface area contributed by atoms with Gasteiger partial charge in [-0.2, -0.15) is 0 Å². The van der Waals surface area contributed by atoms with Crippen LogP contribution in [0.15, 0.2) is 140 Å². The van der Waals surface area contributed by atoms with E-state index in [4.69, 9.17) is 15.0 Å². The molecule has 0 saturated heterocycles. The third-order valence-electron chi connectivity index (χ3n) is 10.8. The molecule has 0 saturated carbocycles. The van der Waals surface area contributed by atoms with Crippen molar-refractivity contribution in [1.82, 2.24) is 15.0 Å². The molecule has 0 bridgehead atoms. The van der Waals surface area contributed by atoms with Gasteiger partial charge < -0.3 is 0 Å². The van der Waals surface area contributed by atoms with Crippen molar-refractivity contribution in [2.45, 2.75) is 57.8 Å². The molecule has 1 heterocycles. The maximum atomic E-state index is 5.16. The molecule has 2 aliphatic rings. The molecule has 7 aromatic rings. The molecule has 9 rings (SSSR count). The monoisotopic (exact) mass is 659 g/mol. The minimum Gasteiger partial charge on any atom is -0.208 e. The lowest BCUT2D eigenvalue weighted by Gasteiger charge is -2.36. The number of rotatable bonds is 3. The molecule has 0 atom stereocenters. The van der Waals surface area contributed by atoms with Crippen LogP contribution >= 0.6 is 0 Å². The molecule has 51 heavy (non-hydrogen) atoms. The number of fused-ring (bicyclic) bond motifs is 10. The summed E-state index contributed by atoms with van der Waals surface area (Å²) in [7, 11) is 0. The predicted octanol–water partition coefficient (Wildman–Crippen LogP) is 11.8. The van der Waals surface area contributed by atoms with E-state index in [0.717, 1.165) is 16.7 Å². The zero-order valence-corrected chi connectivity index (χ0v) is 30.1. The van der Waals surface area contributed by atoms with Gasteiger partial charge in [0.1, 0.15) is 0 Å². The number of nitrogens with zero attached hydrogens (tertiary/aromatic N) is 3. The quantitative estimate of drug-likeness (QED) is 0.189. The van der Waals surface area contributed by atoms with Crippen molar-refractivity contribution in [3.8, 4) is 56.4 Å². The molecular weight excluding hydrogens is 619 g/mol. The average molecular weight is 660 g/mol. The first kappa shape index (κ1) is 31.3. The smallest absolute Gasteiger partial charge is 0.164 e. The molecule has 3 heteroatoms. The normalized spacial score (nSPS) is 13.8. The SMILES string of the molecule is CC(C)(C)c1cc2c(c(C(C)(C)C)c1)C1(c3ccccc3-c3ccccc31)c1cc(-c3nc(-c4ccccc4)nc(-c4ccccc4)n3)ccc1-2. The molecule has 0 radical (unpaired) electrons. The summed E-state index contributed by atoms with van der Waals surface area (Å²) in [5.74, 6) is 2.00. The fourth-order valence-electron chi connectivity index (χ4n) is 8.38. The summed E-state index contributed by atoms with van der Waals surface area (Å²) in [6.45, 7) is 14.1. The van der Waals surface area contributed by atoms with E-state index in [2.05, 4.69) is 145 Å². The zero-order valence-electron chi connectivity index (χ0n) is 30.1. The minimum atomic E-state index is -0.496. The number of hydrogen-bond donors (Lipinski definition) is 0. The van der Waals surface area contributed by atoms with Crippen LogP contribution < -0.4 is 0 Å². The Labute approximate surface area is 301 Å². The third-order valence-corrected chi connectivity index (χ3v) is 10.8. The Bertz CT molecular complexity index is 2380. The molecule has 0 fully saturated rings. The van der Waals surface area contributed by atoms with Crippen LogP contribution in [0.5, 0.6) is 0 Å². The van der Waals surface area contributed by atoms with E-state index in [1.165, 1.54) is 55.6 Å². The topological polar surface area (TPSA) is 38.7 Å². The minimum absolute atomic E-state index is 0.0110. The van der Waals surface area contributed by atoms with E-state index in [0.29, 0.717) is 17.5 Å². The van der Waals surface area contributed by atoms with Gasteiger partial charge in [0.2, 0.25) is 0 Å². The van der Waals surface area contributed by atoms with Gasteiger partial charge in [0.15, 0.2) is 17.5 Å². The first-order valence-corrected chi connectivity index (χ1v) is 18.0. The van der Waals surface area contributed by atoms with Crippen LogP contribution in [0.4, 0.5) is 0 Å². The van der Waals surface area contributed by atoms with Crippen molar-refractivity contribution in [3.05, 3.63) is 173 Å². The lowest BCUT2D eigenvalue weighted by atomic mass is 9.65. The van der Waals surface area contributed by atoms with Crippen LogP contribution in [0.25, 0.3) is 56.4 Å². The van der Waals surface area contributed by atoms with Crippen molar-refractivity contribution in [3.63, 3.8) is 0 Å². The second kappa shape index (κ2) is 11.2. The Hall–Kier alpha value is -5.67. The summed E-state index contributed by atoms with van der Waals surface area (Å²) in [5.41, 5.74) is 15.6. The fraction of sp³-hybridized carbons (Fsp3) is 0.188. The highest BCUT2D eigenvalue weighted by atomic mass is 15.0. The molecule has 1 spiro atoms. The summed E-state index contributed by atoms with van der Waals surface area (Å²) in [5, 5.41) is 0. The number of aromatic nitrogens is 3. The highest BCUT2D eigenvalue weighted by Gasteiger charge is 2.53. The van der Waals surface area contributed by atoms with E-state index < -0.39 is 5.41 Å². The number of hydrogen-bond acceptors (Lipinski definition) is 3. The van der Waals surface area contributed by atoms with Gasteiger partial charge in [-0.1, -0.05) is 175 Å². The highest BCUT2D eigenvalue weighted by Crippen LogP contribution is 2.65. The molecule has 248 valence electrons. The van der Waals surface area contributed by atoms with E-state index >= 15 is 0 Å². The Kier molecular flexibility index (Phi) is 6.86. The number of benzene rings is 6. The van der Waals surface area contributed by atoms with Crippen molar-refractivity contribution in [1.29, 1.82) is 0 Å². The first-order chi connectivity index (χ1) is 24.5. The molecule has 0 N–H and O–H groups in total. The lowest BCUT2D eigenvalue weighted by molar-refractivity contribution is 0.558. The molecule has 0 unspecified atom stereocenters. The van der Waals surface area contributed by atoms with E-state index in [9.17, 15) is 0 Å². The van der Waals surface area contributed by atoms with Crippen LogP contribution in [-0.4, -0.2) is 15.0 Å². The summed E-state index contributed by atoms with van der Waals surface area (Å²) in [4.78, 5) is 15.3. The van der Waals surface area contributed by atoms with Gasteiger partial charge in [0.25, 0.3) is 0 Å². The molecule has 3 nitrogen and oxygen atoms in total. The van der Waals surface area contributed by atoms with Crippen LogP contribution in [0, 0.1) is 0 Å². The van der Waals surface area contributed by atoms with Crippen LogP contribution in [0.1, 0.15) is 74.9 Å². The standard InChI is InChI=1S/C48H41N3/c1-46(2,3)33-28-37-36-26-25-32(45-50-43(30-17-9-7-10-18-30)49-44(51-45)31-19-11-8-12-20-31)27-40(36)48(42(37)41(29-33)47(4,5)6)38-23-15-13-21-34(38)35-22-14-16-24-39(35)48/h7-29H,1-6H3. The first-order valence-electron chi connectivity index (χ1n) is 18.0. The second-order valence-electron chi connectivity index (χ2n) is 16.1. The van der Waals surface area contributed by atoms with Crippen molar-refractivity contribution in [2.75, 3.05) is 0 Å². The maximum Gasteiger partial charge on any atom is 0.164 e. The average Bonchev–Trinajstić information content (AvgIpc) is 3.61. The molecule has 0 amide bonds. The van der Waals surface area contributed by atoms with Gasteiger partial charge in [0, 0.05) is 16.7 Å².